The van der Waals surface area contributed by atoms with Gasteiger partial charge >= 0.3 is 5.97 Å². The molecular formula is C55H102O14. The zero-order chi connectivity index (χ0) is 50.2. The van der Waals surface area contributed by atoms with Gasteiger partial charge < -0.3 is 64.2 Å². The highest BCUT2D eigenvalue weighted by Gasteiger charge is 2.47. The maximum absolute atomic E-state index is 12.9. The quantitative estimate of drug-likeness (QED) is 0.0172. The zero-order valence-corrected chi connectivity index (χ0v) is 43.3. The summed E-state index contributed by atoms with van der Waals surface area (Å²) in [5, 5.41) is 72.1. The third-order valence-corrected chi connectivity index (χ3v) is 13.5. The largest absolute Gasteiger partial charge is 0.457 e. The van der Waals surface area contributed by atoms with Crippen LogP contribution in [-0.2, 0) is 33.2 Å². The van der Waals surface area contributed by atoms with Gasteiger partial charge in [0.05, 0.1) is 26.4 Å². The van der Waals surface area contributed by atoms with E-state index in [1.54, 1.807) is 0 Å². The van der Waals surface area contributed by atoms with E-state index in [4.69, 9.17) is 28.4 Å². The molecule has 7 N–H and O–H groups in total. The molecule has 0 spiro atoms. The second kappa shape index (κ2) is 42.9. The minimum atomic E-state index is -1.70. The SMILES string of the molecule is CCCCCCC/C=C\C/C=C\CCCCCCCCCCCCCCCCOCC(COC1OC(COC2OC(CO)C(O)C(O)C2O)C(O)C(O)C1O)OC(=O)CCCCCCCCCCC. The topological polar surface area (TPSA) is 214 Å². The van der Waals surface area contributed by atoms with Crippen LogP contribution in [0.2, 0.25) is 0 Å². The molecule has 0 saturated carbocycles. The normalized spacial score (nSPS) is 25.8. The second-order valence-electron chi connectivity index (χ2n) is 19.8. The number of ether oxygens (including phenoxy) is 6. The number of unbranched alkanes of at least 4 members (excludes halogenated alkanes) is 27. The maximum Gasteiger partial charge on any atom is 0.306 e. The average Bonchev–Trinajstić information content (AvgIpc) is 3.35. The number of hydrogen-bond donors (Lipinski definition) is 7. The van der Waals surface area contributed by atoms with Crippen LogP contribution >= 0.6 is 0 Å². The van der Waals surface area contributed by atoms with Crippen molar-refractivity contribution < 1.29 is 69.0 Å². The third kappa shape index (κ3) is 30.3. The molecule has 0 aromatic heterocycles. The minimum absolute atomic E-state index is 0.0654. The van der Waals surface area contributed by atoms with Gasteiger partial charge in [0, 0.05) is 13.0 Å². The highest BCUT2D eigenvalue weighted by atomic mass is 16.7. The van der Waals surface area contributed by atoms with E-state index in [1.165, 1.54) is 148 Å². The molecule has 2 heterocycles. The first kappa shape index (κ1) is 63.6. The smallest absolute Gasteiger partial charge is 0.306 e. The molecule has 406 valence electrons. The summed E-state index contributed by atoms with van der Waals surface area (Å²) in [5.74, 6) is -0.377. The lowest BCUT2D eigenvalue weighted by Crippen LogP contribution is -2.61. The Morgan fingerprint density at radius 2 is 0.899 bits per heavy atom. The van der Waals surface area contributed by atoms with E-state index in [2.05, 4.69) is 38.2 Å². The Bertz CT molecular complexity index is 1240. The zero-order valence-electron chi connectivity index (χ0n) is 43.3. The Labute approximate surface area is 417 Å². The number of allylic oxidation sites excluding steroid dienone is 4. The molecule has 2 aliphatic heterocycles. The first-order valence-electron chi connectivity index (χ1n) is 27.9. The predicted octanol–water partition coefficient (Wildman–Crippen LogP) is 9.19. The summed E-state index contributed by atoms with van der Waals surface area (Å²) in [6.07, 6.45) is 31.2. The van der Waals surface area contributed by atoms with Crippen molar-refractivity contribution in [3.8, 4) is 0 Å². The molecule has 0 amide bonds. The van der Waals surface area contributed by atoms with Gasteiger partial charge in [-0.2, -0.15) is 0 Å². The summed E-state index contributed by atoms with van der Waals surface area (Å²) in [5.41, 5.74) is 0. The van der Waals surface area contributed by atoms with Crippen molar-refractivity contribution in [2.75, 3.05) is 33.0 Å². The summed E-state index contributed by atoms with van der Waals surface area (Å²) >= 11 is 0. The molecule has 2 saturated heterocycles. The van der Waals surface area contributed by atoms with E-state index in [-0.39, 0.29) is 25.6 Å². The van der Waals surface area contributed by atoms with Gasteiger partial charge in [-0.1, -0.05) is 192 Å². The van der Waals surface area contributed by atoms with Crippen LogP contribution in [0.15, 0.2) is 24.3 Å². The molecule has 2 fully saturated rings. The molecule has 11 unspecified atom stereocenters. The highest BCUT2D eigenvalue weighted by molar-refractivity contribution is 5.69. The molecular weight excluding hydrogens is 885 g/mol. The number of aliphatic hydroxyl groups is 7. The second-order valence-corrected chi connectivity index (χ2v) is 19.8. The van der Waals surface area contributed by atoms with Gasteiger partial charge in [-0.15, -0.1) is 0 Å². The lowest BCUT2D eigenvalue weighted by Gasteiger charge is -2.42. The fraction of sp³-hybridized carbons (Fsp3) is 0.909. The van der Waals surface area contributed by atoms with Gasteiger partial charge in [0.1, 0.15) is 54.9 Å². The van der Waals surface area contributed by atoms with Crippen LogP contribution in [0.4, 0.5) is 0 Å². The first-order valence-corrected chi connectivity index (χ1v) is 27.9. The molecule has 0 aromatic carbocycles. The van der Waals surface area contributed by atoms with Crippen LogP contribution in [0.1, 0.15) is 219 Å². The van der Waals surface area contributed by atoms with Gasteiger partial charge in [-0.05, 0) is 44.9 Å². The Hall–Kier alpha value is -1.53. The van der Waals surface area contributed by atoms with Crippen molar-refractivity contribution in [3.05, 3.63) is 24.3 Å². The number of carbonyl (C=O) groups excluding carboxylic acids is 1. The molecule has 2 aliphatic rings. The molecule has 69 heavy (non-hydrogen) atoms. The van der Waals surface area contributed by atoms with Crippen LogP contribution in [0.5, 0.6) is 0 Å². The fourth-order valence-electron chi connectivity index (χ4n) is 8.90. The Morgan fingerprint density at radius 3 is 1.39 bits per heavy atom. The summed E-state index contributed by atoms with van der Waals surface area (Å²) in [6.45, 7) is 3.68. The molecule has 14 heteroatoms. The standard InChI is InChI=1S/C55H102O14/c1-3-5-7-9-11-13-14-15-16-17-18-19-20-21-22-23-24-25-26-27-28-29-31-33-35-37-39-64-41-44(67-47(57)38-36-34-32-30-12-10-8-6-4-2)42-65-54-53(63)51(61)49(59)46(69-54)43-66-55-52(62)50(60)48(58)45(40-56)68-55/h14-15,17-18,44-46,48-56,58-63H,3-13,16,19-43H2,1-2H3/b15-14-,18-17-. The summed E-state index contributed by atoms with van der Waals surface area (Å²) in [6, 6.07) is 0. The van der Waals surface area contributed by atoms with Gasteiger partial charge in [-0.25, -0.2) is 0 Å². The molecule has 11 atom stereocenters. The van der Waals surface area contributed by atoms with Crippen LogP contribution in [0, 0.1) is 0 Å². The van der Waals surface area contributed by atoms with Crippen LogP contribution in [-0.4, -0.2) is 142 Å². The van der Waals surface area contributed by atoms with E-state index in [9.17, 15) is 40.5 Å². The molecule has 0 aromatic rings. The average molecular weight is 987 g/mol. The highest BCUT2D eigenvalue weighted by Crippen LogP contribution is 2.27. The van der Waals surface area contributed by atoms with E-state index in [0.29, 0.717) is 13.0 Å². The summed E-state index contributed by atoms with van der Waals surface area (Å²) < 4.78 is 34.3. The van der Waals surface area contributed by atoms with Crippen LogP contribution in [0.3, 0.4) is 0 Å². The molecule has 0 radical (unpaired) electrons. The molecule has 14 nitrogen and oxygen atoms in total. The van der Waals surface area contributed by atoms with Crippen molar-refractivity contribution in [1.82, 2.24) is 0 Å². The Kier molecular flexibility index (Phi) is 39.6. The minimum Gasteiger partial charge on any atom is -0.457 e. The number of aliphatic hydroxyl groups excluding tert-OH is 7. The van der Waals surface area contributed by atoms with Crippen molar-refractivity contribution >= 4 is 5.97 Å². The predicted molar refractivity (Wildman–Crippen MR) is 270 cm³/mol. The summed E-state index contributed by atoms with van der Waals surface area (Å²) in [7, 11) is 0. The van der Waals surface area contributed by atoms with Crippen molar-refractivity contribution in [2.24, 2.45) is 0 Å². The van der Waals surface area contributed by atoms with Gasteiger partial charge in [0.25, 0.3) is 0 Å². The van der Waals surface area contributed by atoms with Crippen molar-refractivity contribution in [3.63, 3.8) is 0 Å². The van der Waals surface area contributed by atoms with Crippen molar-refractivity contribution in [2.45, 2.75) is 287 Å². The number of carbonyl (C=O) groups is 1. The molecule has 2 rings (SSSR count). The summed E-state index contributed by atoms with van der Waals surface area (Å²) in [4.78, 5) is 12.9. The van der Waals surface area contributed by atoms with Crippen LogP contribution in [0.25, 0.3) is 0 Å². The van der Waals surface area contributed by atoms with Gasteiger partial charge in [0.15, 0.2) is 12.6 Å². The van der Waals surface area contributed by atoms with Gasteiger partial charge in [0.2, 0.25) is 0 Å². The van der Waals surface area contributed by atoms with E-state index >= 15 is 0 Å². The Balaban J connectivity index is 1.64. The van der Waals surface area contributed by atoms with E-state index < -0.39 is 80.7 Å². The lowest BCUT2D eigenvalue weighted by atomic mass is 9.98. The fourth-order valence-corrected chi connectivity index (χ4v) is 8.90. The molecule has 0 aliphatic carbocycles. The third-order valence-electron chi connectivity index (χ3n) is 13.5. The Morgan fingerprint density at radius 1 is 0.478 bits per heavy atom. The number of hydrogen-bond acceptors (Lipinski definition) is 14. The molecule has 0 bridgehead atoms. The van der Waals surface area contributed by atoms with E-state index in [1.807, 2.05) is 0 Å². The van der Waals surface area contributed by atoms with Gasteiger partial charge in [-0.3, -0.25) is 4.79 Å². The maximum atomic E-state index is 12.9. The lowest BCUT2D eigenvalue weighted by molar-refractivity contribution is -0.332. The van der Waals surface area contributed by atoms with Crippen LogP contribution < -0.4 is 0 Å². The first-order chi connectivity index (χ1) is 33.6. The monoisotopic (exact) mass is 987 g/mol. The number of rotatable bonds is 45. The van der Waals surface area contributed by atoms with Crippen molar-refractivity contribution in [1.29, 1.82) is 0 Å². The number of esters is 1. The van der Waals surface area contributed by atoms with E-state index in [0.717, 1.165) is 44.9 Å².